The molecule has 2 aliphatic carbocycles. The van der Waals surface area contributed by atoms with E-state index >= 15 is 0 Å². The highest BCUT2D eigenvalue weighted by Crippen LogP contribution is 2.40. The molecular formula is C18H34N2O4. The Hall–Kier alpha value is -0.850. The van der Waals surface area contributed by atoms with Crippen molar-refractivity contribution in [1.82, 2.24) is 10.6 Å². The number of aliphatic hydroxyl groups excluding tert-OH is 1. The van der Waals surface area contributed by atoms with Crippen LogP contribution in [0.3, 0.4) is 0 Å². The molecule has 140 valence electrons. The molecule has 0 aliphatic heterocycles. The fraction of sp³-hybridized carbons (Fsp3) is 0.944. The van der Waals surface area contributed by atoms with Gasteiger partial charge in [-0.3, -0.25) is 0 Å². The highest BCUT2D eigenvalue weighted by atomic mass is 16.6. The molecule has 0 aromatic rings. The number of amides is 1. The van der Waals surface area contributed by atoms with Gasteiger partial charge in [-0.05, 0) is 58.3 Å². The van der Waals surface area contributed by atoms with Crippen LogP contribution in [-0.4, -0.2) is 55.2 Å². The summed E-state index contributed by atoms with van der Waals surface area (Å²) in [5, 5.41) is 16.5. The number of hydrogen-bond donors (Lipinski definition) is 3. The van der Waals surface area contributed by atoms with Crippen molar-refractivity contribution in [2.75, 3.05) is 20.3 Å². The van der Waals surface area contributed by atoms with Crippen LogP contribution in [0.5, 0.6) is 0 Å². The Labute approximate surface area is 145 Å². The average Bonchev–Trinajstić information content (AvgIpc) is 2.43. The fourth-order valence-corrected chi connectivity index (χ4v) is 4.19. The molecule has 2 rings (SSSR count). The van der Waals surface area contributed by atoms with Gasteiger partial charge in [0.2, 0.25) is 0 Å². The van der Waals surface area contributed by atoms with Gasteiger partial charge in [0, 0.05) is 25.7 Å². The van der Waals surface area contributed by atoms with Crippen LogP contribution in [0, 0.1) is 11.8 Å². The maximum Gasteiger partial charge on any atom is 0.407 e. The first-order valence-corrected chi connectivity index (χ1v) is 9.18. The first kappa shape index (κ1) is 19.5. The molecule has 6 heteroatoms. The molecule has 2 bridgehead atoms. The van der Waals surface area contributed by atoms with E-state index < -0.39 is 11.7 Å². The Kier molecular flexibility index (Phi) is 6.89. The van der Waals surface area contributed by atoms with Crippen molar-refractivity contribution >= 4 is 6.09 Å². The van der Waals surface area contributed by atoms with E-state index in [1.165, 1.54) is 19.3 Å². The molecule has 2 fully saturated rings. The predicted octanol–water partition coefficient (Wildman–Crippen LogP) is 2.06. The number of aliphatic hydroxyl groups is 1. The van der Waals surface area contributed by atoms with E-state index in [1.807, 2.05) is 20.8 Å². The second-order valence-electron chi connectivity index (χ2n) is 8.31. The van der Waals surface area contributed by atoms with Gasteiger partial charge in [0.1, 0.15) is 5.60 Å². The van der Waals surface area contributed by atoms with Gasteiger partial charge >= 0.3 is 6.09 Å². The maximum absolute atomic E-state index is 12.0. The van der Waals surface area contributed by atoms with Crippen LogP contribution in [0.4, 0.5) is 4.79 Å². The van der Waals surface area contributed by atoms with Crippen LogP contribution in [0.15, 0.2) is 0 Å². The lowest BCUT2D eigenvalue weighted by Crippen LogP contribution is -2.55. The number of hydrogen-bond acceptors (Lipinski definition) is 5. The smallest absolute Gasteiger partial charge is 0.407 e. The van der Waals surface area contributed by atoms with Crippen molar-refractivity contribution in [3.8, 4) is 0 Å². The third kappa shape index (κ3) is 5.90. The highest BCUT2D eigenvalue weighted by Gasteiger charge is 2.40. The number of carbonyl (C=O) groups is 1. The molecule has 0 aromatic heterocycles. The molecule has 0 radical (unpaired) electrons. The second-order valence-corrected chi connectivity index (χ2v) is 8.31. The summed E-state index contributed by atoms with van der Waals surface area (Å²) in [7, 11) is 1.60. The van der Waals surface area contributed by atoms with Crippen LogP contribution >= 0.6 is 0 Å². The lowest BCUT2D eigenvalue weighted by molar-refractivity contribution is 0.0348. The maximum atomic E-state index is 12.0. The van der Waals surface area contributed by atoms with Gasteiger partial charge in [0.25, 0.3) is 0 Å². The standard InChI is InChI=1S/C18H34N2O4/c1-18(2,3)24-17(22)20-14-8-12-6-5-7-13(9-14)16(12)19-10-15(21)11-23-4/h12-16,19,21H,5-11H2,1-4H3,(H,20,22). The zero-order valence-electron chi connectivity index (χ0n) is 15.5. The van der Waals surface area contributed by atoms with Gasteiger partial charge in [-0.2, -0.15) is 0 Å². The van der Waals surface area contributed by atoms with Gasteiger partial charge in [-0.25, -0.2) is 4.79 Å². The molecule has 0 heterocycles. The summed E-state index contributed by atoms with van der Waals surface area (Å²) in [4.78, 5) is 12.0. The Morgan fingerprint density at radius 3 is 2.42 bits per heavy atom. The van der Waals surface area contributed by atoms with Crippen LogP contribution in [0.1, 0.15) is 52.9 Å². The second kappa shape index (κ2) is 8.50. The third-order valence-corrected chi connectivity index (χ3v) is 5.01. The van der Waals surface area contributed by atoms with Gasteiger partial charge in [0.15, 0.2) is 0 Å². The van der Waals surface area contributed by atoms with Crippen molar-refractivity contribution in [2.24, 2.45) is 11.8 Å². The van der Waals surface area contributed by atoms with E-state index in [-0.39, 0.29) is 12.1 Å². The summed E-state index contributed by atoms with van der Waals surface area (Å²) in [6.45, 7) is 6.57. The fourth-order valence-electron chi connectivity index (χ4n) is 4.19. The van der Waals surface area contributed by atoms with Crippen molar-refractivity contribution in [1.29, 1.82) is 0 Å². The topological polar surface area (TPSA) is 79.8 Å². The van der Waals surface area contributed by atoms with Crippen molar-refractivity contribution in [3.05, 3.63) is 0 Å². The summed E-state index contributed by atoms with van der Waals surface area (Å²) in [6, 6.07) is 0.624. The van der Waals surface area contributed by atoms with Crippen LogP contribution in [-0.2, 0) is 9.47 Å². The quantitative estimate of drug-likeness (QED) is 0.688. The van der Waals surface area contributed by atoms with E-state index in [4.69, 9.17) is 9.47 Å². The SMILES string of the molecule is COCC(O)CNC1C2CCCC1CC(NC(=O)OC(C)(C)C)C2. The number of ether oxygens (including phenoxy) is 2. The number of methoxy groups -OCH3 is 1. The molecule has 2 aliphatic rings. The number of nitrogens with one attached hydrogen (secondary N) is 2. The normalized spacial score (nSPS) is 31.4. The Morgan fingerprint density at radius 1 is 1.25 bits per heavy atom. The average molecular weight is 342 g/mol. The van der Waals surface area contributed by atoms with Crippen LogP contribution < -0.4 is 10.6 Å². The van der Waals surface area contributed by atoms with Gasteiger partial charge < -0.3 is 25.2 Å². The van der Waals surface area contributed by atoms with E-state index in [0.29, 0.717) is 31.0 Å². The molecular weight excluding hydrogens is 308 g/mol. The zero-order chi connectivity index (χ0) is 17.7. The summed E-state index contributed by atoms with van der Waals surface area (Å²) >= 11 is 0. The molecule has 0 spiro atoms. The number of alkyl carbamates (subject to hydrolysis) is 1. The molecule has 3 unspecified atom stereocenters. The number of rotatable bonds is 6. The molecule has 2 saturated carbocycles. The third-order valence-electron chi connectivity index (χ3n) is 5.01. The van der Waals surface area contributed by atoms with Crippen molar-refractivity contribution in [2.45, 2.75) is 76.7 Å². The molecule has 3 atom stereocenters. The summed E-state index contributed by atoms with van der Waals surface area (Å²) in [6.07, 6.45) is 4.80. The monoisotopic (exact) mass is 342 g/mol. The zero-order valence-corrected chi connectivity index (χ0v) is 15.5. The molecule has 3 N–H and O–H groups in total. The molecule has 0 saturated heterocycles. The van der Waals surface area contributed by atoms with E-state index in [9.17, 15) is 9.90 Å². The van der Waals surface area contributed by atoms with Crippen molar-refractivity contribution < 1.29 is 19.4 Å². The van der Waals surface area contributed by atoms with E-state index in [1.54, 1.807) is 7.11 Å². The molecule has 0 aromatic carbocycles. The van der Waals surface area contributed by atoms with Crippen LogP contribution in [0.25, 0.3) is 0 Å². The van der Waals surface area contributed by atoms with E-state index in [2.05, 4.69) is 10.6 Å². The molecule has 1 amide bonds. The minimum Gasteiger partial charge on any atom is -0.444 e. The Balaban J connectivity index is 1.85. The molecule has 6 nitrogen and oxygen atoms in total. The summed E-state index contributed by atoms with van der Waals surface area (Å²) < 4.78 is 10.4. The van der Waals surface area contributed by atoms with Crippen LogP contribution in [0.2, 0.25) is 0 Å². The first-order valence-electron chi connectivity index (χ1n) is 9.18. The lowest BCUT2D eigenvalue weighted by Gasteiger charge is -2.46. The van der Waals surface area contributed by atoms with Crippen molar-refractivity contribution in [3.63, 3.8) is 0 Å². The predicted molar refractivity (Wildman–Crippen MR) is 92.9 cm³/mol. The number of carbonyl (C=O) groups excluding carboxylic acids is 1. The first-order chi connectivity index (χ1) is 11.3. The Bertz CT molecular complexity index is 396. The largest absolute Gasteiger partial charge is 0.444 e. The van der Waals surface area contributed by atoms with Gasteiger partial charge in [0.05, 0.1) is 12.7 Å². The van der Waals surface area contributed by atoms with Gasteiger partial charge in [-0.1, -0.05) is 6.42 Å². The lowest BCUT2D eigenvalue weighted by atomic mass is 9.66. The van der Waals surface area contributed by atoms with Gasteiger partial charge in [-0.15, -0.1) is 0 Å². The minimum atomic E-state index is -0.465. The molecule has 24 heavy (non-hydrogen) atoms. The summed E-state index contributed by atoms with van der Waals surface area (Å²) in [5.74, 6) is 1.10. The highest BCUT2D eigenvalue weighted by molar-refractivity contribution is 5.68. The summed E-state index contributed by atoms with van der Waals surface area (Å²) in [5.41, 5.74) is -0.462. The Morgan fingerprint density at radius 2 is 1.88 bits per heavy atom. The minimum absolute atomic E-state index is 0.192. The number of fused-ring (bicyclic) bond motifs is 2. The van der Waals surface area contributed by atoms with E-state index in [0.717, 1.165) is 12.8 Å².